The Kier molecular flexibility index (Phi) is 9.32. The third-order valence-electron chi connectivity index (χ3n) is 2.55. The van der Waals surface area contributed by atoms with Crippen molar-refractivity contribution in [2.45, 2.75) is 19.9 Å². The van der Waals surface area contributed by atoms with E-state index in [4.69, 9.17) is 25.8 Å². The van der Waals surface area contributed by atoms with Crippen LogP contribution < -0.4 is 10.1 Å². The number of rotatable bonds is 11. The van der Waals surface area contributed by atoms with E-state index in [2.05, 4.69) is 10.3 Å². The topological polar surface area (TPSA) is 52.6 Å². The van der Waals surface area contributed by atoms with Crippen molar-refractivity contribution in [3.63, 3.8) is 0 Å². The molecule has 0 radical (unpaired) electrons. The first-order chi connectivity index (χ1) is 9.77. The van der Waals surface area contributed by atoms with E-state index in [1.165, 1.54) is 0 Å². The molecule has 5 nitrogen and oxygen atoms in total. The molecule has 0 amide bonds. The maximum absolute atomic E-state index is 6.07. The smallest absolute Gasteiger partial charge is 0.213 e. The molecule has 0 atom stereocenters. The van der Waals surface area contributed by atoms with Crippen LogP contribution in [0.2, 0.25) is 5.02 Å². The Labute approximate surface area is 125 Å². The van der Waals surface area contributed by atoms with Crippen LogP contribution in [0.5, 0.6) is 5.88 Å². The maximum Gasteiger partial charge on any atom is 0.213 e. The van der Waals surface area contributed by atoms with E-state index < -0.39 is 0 Å². The van der Waals surface area contributed by atoms with Crippen molar-refractivity contribution in [1.82, 2.24) is 10.3 Å². The third-order valence-corrected chi connectivity index (χ3v) is 2.89. The minimum absolute atomic E-state index is 0.474. The molecule has 1 rings (SSSR count). The molecule has 0 bridgehead atoms. The molecule has 0 aliphatic heterocycles. The molecule has 0 aliphatic rings. The van der Waals surface area contributed by atoms with Gasteiger partial charge in [-0.1, -0.05) is 18.5 Å². The van der Waals surface area contributed by atoms with Gasteiger partial charge in [0.1, 0.15) is 6.61 Å². The first-order valence-corrected chi connectivity index (χ1v) is 7.21. The van der Waals surface area contributed by atoms with Gasteiger partial charge in [-0.2, -0.15) is 0 Å². The molecule has 6 heteroatoms. The second kappa shape index (κ2) is 10.9. The normalized spacial score (nSPS) is 10.8. The van der Waals surface area contributed by atoms with Gasteiger partial charge in [-0.25, -0.2) is 4.98 Å². The lowest BCUT2D eigenvalue weighted by Crippen LogP contribution is -2.14. The monoisotopic (exact) mass is 302 g/mol. The number of halogens is 1. The zero-order chi connectivity index (χ0) is 14.6. The van der Waals surface area contributed by atoms with Crippen LogP contribution in [0.15, 0.2) is 12.1 Å². The van der Waals surface area contributed by atoms with Gasteiger partial charge in [-0.3, -0.25) is 0 Å². The number of nitrogens with one attached hydrogen (secondary N) is 1. The van der Waals surface area contributed by atoms with Crippen LogP contribution in [-0.2, 0) is 16.0 Å². The van der Waals surface area contributed by atoms with Gasteiger partial charge >= 0.3 is 0 Å². The highest BCUT2D eigenvalue weighted by Gasteiger charge is 2.04. The summed E-state index contributed by atoms with van der Waals surface area (Å²) in [6.07, 6.45) is 0.891. The molecule has 1 N–H and O–H groups in total. The van der Waals surface area contributed by atoms with Gasteiger partial charge < -0.3 is 19.5 Å². The summed E-state index contributed by atoms with van der Waals surface area (Å²) in [5.41, 5.74) is 0.798. The first kappa shape index (κ1) is 17.2. The van der Waals surface area contributed by atoms with Crippen LogP contribution >= 0.6 is 11.6 Å². The molecule has 1 heterocycles. The van der Waals surface area contributed by atoms with E-state index in [0.717, 1.165) is 18.7 Å². The van der Waals surface area contributed by atoms with Gasteiger partial charge in [0.05, 0.1) is 17.3 Å². The van der Waals surface area contributed by atoms with Crippen LogP contribution in [0.3, 0.4) is 0 Å². The summed E-state index contributed by atoms with van der Waals surface area (Å²) in [4.78, 5) is 4.36. The highest BCUT2D eigenvalue weighted by Crippen LogP contribution is 2.17. The number of nitrogens with zero attached hydrogens (tertiary/aromatic N) is 1. The standard InChI is InChI=1S/C14H23ClN2O3/c1-3-16-11-13-12(15)5-6-14(17-13)20-10-9-19-8-4-7-18-2/h5-6,16H,3-4,7-11H2,1-2H3. The SMILES string of the molecule is CCNCc1nc(OCCOCCCOC)ccc1Cl. The Balaban J connectivity index is 2.26. The summed E-state index contributed by atoms with van der Waals surface area (Å²) in [5.74, 6) is 0.572. The molecule has 114 valence electrons. The van der Waals surface area contributed by atoms with Gasteiger partial charge in [0.15, 0.2) is 0 Å². The first-order valence-electron chi connectivity index (χ1n) is 6.83. The third kappa shape index (κ3) is 7.05. The van der Waals surface area contributed by atoms with Crippen molar-refractivity contribution in [1.29, 1.82) is 0 Å². The lowest BCUT2D eigenvalue weighted by molar-refractivity contribution is 0.0795. The van der Waals surface area contributed by atoms with Crippen molar-refractivity contribution in [3.05, 3.63) is 22.8 Å². The lowest BCUT2D eigenvalue weighted by atomic mass is 10.3. The molecule has 0 aromatic carbocycles. The van der Waals surface area contributed by atoms with Crippen LogP contribution in [0.4, 0.5) is 0 Å². The van der Waals surface area contributed by atoms with Crippen molar-refractivity contribution in [2.24, 2.45) is 0 Å². The average molecular weight is 303 g/mol. The van der Waals surface area contributed by atoms with Crippen LogP contribution in [0, 0.1) is 0 Å². The van der Waals surface area contributed by atoms with E-state index in [1.54, 1.807) is 19.2 Å². The highest BCUT2D eigenvalue weighted by molar-refractivity contribution is 6.31. The van der Waals surface area contributed by atoms with Crippen molar-refractivity contribution in [2.75, 3.05) is 40.1 Å². The molecule has 1 aromatic heterocycles. The Morgan fingerprint density at radius 1 is 1.20 bits per heavy atom. The van der Waals surface area contributed by atoms with E-state index >= 15 is 0 Å². The predicted octanol–water partition coefficient (Wildman–Crippen LogP) is 2.28. The molecule has 20 heavy (non-hydrogen) atoms. The zero-order valence-corrected chi connectivity index (χ0v) is 12.9. The van der Waals surface area contributed by atoms with Gasteiger partial charge in [0.2, 0.25) is 5.88 Å². The van der Waals surface area contributed by atoms with Gasteiger partial charge in [0, 0.05) is 32.9 Å². The molecule has 1 aromatic rings. The molecular weight excluding hydrogens is 280 g/mol. The summed E-state index contributed by atoms with van der Waals surface area (Å²) in [6, 6.07) is 3.57. The zero-order valence-electron chi connectivity index (χ0n) is 12.2. The number of hydrogen-bond donors (Lipinski definition) is 1. The lowest BCUT2D eigenvalue weighted by Gasteiger charge is -2.09. The molecule has 0 saturated carbocycles. The summed E-state index contributed by atoms with van der Waals surface area (Å²) >= 11 is 6.07. The fraction of sp³-hybridized carbons (Fsp3) is 0.643. The fourth-order valence-electron chi connectivity index (χ4n) is 1.52. The van der Waals surface area contributed by atoms with E-state index in [9.17, 15) is 0 Å². The molecular formula is C14H23ClN2O3. The largest absolute Gasteiger partial charge is 0.475 e. The second-order valence-corrected chi connectivity index (χ2v) is 4.57. The maximum atomic E-state index is 6.07. The quantitative estimate of drug-likeness (QED) is 0.636. The predicted molar refractivity (Wildman–Crippen MR) is 79.4 cm³/mol. The van der Waals surface area contributed by atoms with Crippen molar-refractivity contribution < 1.29 is 14.2 Å². The van der Waals surface area contributed by atoms with Crippen molar-refractivity contribution >= 4 is 11.6 Å². The van der Waals surface area contributed by atoms with Gasteiger partial charge in [-0.15, -0.1) is 0 Å². The molecule has 0 spiro atoms. The Hall–Kier alpha value is -0.880. The number of aromatic nitrogens is 1. The average Bonchev–Trinajstić information content (AvgIpc) is 2.46. The summed E-state index contributed by atoms with van der Waals surface area (Å²) in [7, 11) is 1.68. The molecule has 0 aliphatic carbocycles. The number of pyridine rings is 1. The summed E-state index contributed by atoms with van der Waals surface area (Å²) < 4.78 is 15.9. The fourth-order valence-corrected chi connectivity index (χ4v) is 1.70. The Bertz CT molecular complexity index is 377. The molecule has 0 unspecified atom stereocenters. The number of ether oxygens (including phenoxy) is 3. The Morgan fingerprint density at radius 2 is 2.05 bits per heavy atom. The molecule has 0 saturated heterocycles. The van der Waals surface area contributed by atoms with Crippen LogP contribution in [0.1, 0.15) is 19.0 Å². The number of methoxy groups -OCH3 is 1. The minimum atomic E-state index is 0.474. The number of hydrogen-bond acceptors (Lipinski definition) is 5. The van der Waals surface area contributed by atoms with Crippen LogP contribution in [0.25, 0.3) is 0 Å². The van der Waals surface area contributed by atoms with Crippen molar-refractivity contribution in [3.8, 4) is 5.88 Å². The Morgan fingerprint density at radius 3 is 2.80 bits per heavy atom. The second-order valence-electron chi connectivity index (χ2n) is 4.17. The summed E-state index contributed by atoms with van der Waals surface area (Å²) in [6.45, 7) is 5.96. The van der Waals surface area contributed by atoms with E-state index in [-0.39, 0.29) is 0 Å². The van der Waals surface area contributed by atoms with Gasteiger partial charge in [0.25, 0.3) is 0 Å². The van der Waals surface area contributed by atoms with Gasteiger partial charge in [-0.05, 0) is 19.0 Å². The summed E-state index contributed by atoms with van der Waals surface area (Å²) in [5, 5.41) is 3.84. The minimum Gasteiger partial charge on any atom is -0.475 e. The van der Waals surface area contributed by atoms with Crippen LogP contribution in [-0.4, -0.2) is 45.1 Å². The highest BCUT2D eigenvalue weighted by atomic mass is 35.5. The van der Waals surface area contributed by atoms with E-state index in [1.807, 2.05) is 6.92 Å². The molecule has 0 fully saturated rings. The van der Waals surface area contributed by atoms with E-state index in [0.29, 0.717) is 43.9 Å².